The lowest BCUT2D eigenvalue weighted by molar-refractivity contribution is -0.157. The van der Waals surface area contributed by atoms with Crippen molar-refractivity contribution in [1.29, 1.82) is 0 Å². The highest BCUT2D eigenvalue weighted by Crippen LogP contribution is 2.43. The number of aliphatic hydroxyl groups excluding tert-OH is 1. The number of aryl methyl sites for hydroxylation is 1. The molecule has 0 saturated carbocycles. The Bertz CT molecular complexity index is 1430. The van der Waals surface area contributed by atoms with Crippen LogP contribution in [0.4, 0.5) is 0 Å². The third-order valence-electron chi connectivity index (χ3n) is 10.6. The van der Waals surface area contributed by atoms with Crippen LogP contribution in [0.25, 0.3) is 6.08 Å². The SMILES string of the molecule is CO[C@@H](/C(C)=C/C=C/C(C)=C/c1coc(C)n1)[C@@H](C)[C@@H]1CCC[C@H](O)[C@@]2(C)O[C@@H]2/C=C/[C@@H](C)CC[C@H]2C[C@H](CC(=O)O2)C[C@@H]2O[C@H]2C(=O)O1. The molecule has 0 amide bonds. The summed E-state index contributed by atoms with van der Waals surface area (Å²) in [5.41, 5.74) is 2.13. The number of methoxy groups -OCH3 is 1. The number of cyclic esters (lactones) is 1. The fourth-order valence-corrected chi connectivity index (χ4v) is 7.39. The molecule has 1 aromatic rings. The van der Waals surface area contributed by atoms with Gasteiger partial charge in [0.1, 0.15) is 35.9 Å². The van der Waals surface area contributed by atoms with E-state index in [1.807, 2.05) is 58.9 Å². The van der Waals surface area contributed by atoms with Crippen molar-refractivity contribution in [1.82, 2.24) is 4.98 Å². The zero-order valence-corrected chi connectivity index (χ0v) is 30.1. The fraction of sp³-hybridized carbons (Fsp3) is 0.667. The molecule has 10 nitrogen and oxygen atoms in total. The lowest BCUT2D eigenvalue weighted by Crippen LogP contribution is -2.37. The van der Waals surface area contributed by atoms with Crippen LogP contribution in [0.3, 0.4) is 0 Å². The van der Waals surface area contributed by atoms with E-state index in [2.05, 4.69) is 24.1 Å². The van der Waals surface area contributed by atoms with Gasteiger partial charge in [0.05, 0.1) is 18.3 Å². The number of rotatable bonds is 7. The van der Waals surface area contributed by atoms with E-state index >= 15 is 0 Å². The van der Waals surface area contributed by atoms with Crippen molar-refractivity contribution < 1.29 is 42.8 Å². The number of oxazole rings is 1. The minimum Gasteiger partial charge on any atom is -0.462 e. The molecule has 0 aliphatic carbocycles. The van der Waals surface area contributed by atoms with Crippen LogP contribution in [0.2, 0.25) is 0 Å². The molecule has 0 spiro atoms. The van der Waals surface area contributed by atoms with Gasteiger partial charge in [-0.15, -0.1) is 0 Å². The first-order valence-corrected chi connectivity index (χ1v) is 17.9. The standard InChI is InChI=1S/C39H55NO9/c1-23-14-16-30-19-28(21-35(42)46-30)20-32-37(47-32)38(43)48-31(12-9-13-33(41)39(6)34(49-39)17-15-23)26(4)36(44-7)25(3)11-8-10-24(2)18-29-22-45-27(5)40-29/h8,10-11,15,17-18,22-23,26,28,30-34,36-37,41H,9,12-14,16,19-21H2,1-7H3/b10-8+,17-15+,24-18+,25-11+/t23-,26-,28-,30-,31-,32-,33-,34+,36-,37+,39+/m0/s1. The van der Waals surface area contributed by atoms with Gasteiger partial charge >= 0.3 is 11.9 Å². The van der Waals surface area contributed by atoms with Gasteiger partial charge in [0.2, 0.25) is 0 Å². The molecule has 0 unspecified atom stereocenters. The van der Waals surface area contributed by atoms with Crippen LogP contribution in [0.1, 0.15) is 97.6 Å². The number of hydrogen-bond acceptors (Lipinski definition) is 10. The number of allylic oxidation sites excluding steroid dienone is 5. The molecule has 0 radical (unpaired) electrons. The molecular weight excluding hydrogens is 626 g/mol. The lowest BCUT2D eigenvalue weighted by atomic mass is 9.87. The molecule has 4 aliphatic heterocycles. The third-order valence-corrected chi connectivity index (χ3v) is 10.6. The first-order chi connectivity index (χ1) is 23.4. The van der Waals surface area contributed by atoms with Crippen LogP contribution in [0.15, 0.2) is 52.2 Å². The van der Waals surface area contributed by atoms with E-state index in [9.17, 15) is 14.7 Å². The molecule has 5 heterocycles. The van der Waals surface area contributed by atoms with Crippen LogP contribution in [-0.2, 0) is 33.3 Å². The first-order valence-electron chi connectivity index (χ1n) is 17.9. The van der Waals surface area contributed by atoms with Gasteiger partial charge in [-0.25, -0.2) is 9.78 Å². The summed E-state index contributed by atoms with van der Waals surface area (Å²) in [6.07, 6.45) is 16.2. The number of ether oxygens (including phenoxy) is 5. The molecule has 1 N–H and O–H groups in total. The quantitative estimate of drug-likeness (QED) is 0.145. The Hall–Kier alpha value is -3.05. The average Bonchev–Trinajstić information content (AvgIpc) is 3.92. The summed E-state index contributed by atoms with van der Waals surface area (Å²) in [6, 6.07) is 0. The molecule has 3 saturated heterocycles. The van der Waals surface area contributed by atoms with E-state index in [-0.39, 0.29) is 54.1 Å². The maximum absolute atomic E-state index is 13.5. The Morgan fingerprint density at radius 2 is 1.92 bits per heavy atom. The summed E-state index contributed by atoms with van der Waals surface area (Å²) in [5, 5.41) is 11.1. The molecule has 10 heteroatoms. The van der Waals surface area contributed by atoms with E-state index in [4.69, 9.17) is 28.1 Å². The molecule has 270 valence electrons. The van der Waals surface area contributed by atoms with Crippen molar-refractivity contribution in [3.63, 3.8) is 0 Å². The Kier molecular flexibility index (Phi) is 12.4. The summed E-state index contributed by atoms with van der Waals surface area (Å²) in [7, 11) is 1.67. The van der Waals surface area contributed by atoms with Crippen LogP contribution in [0.5, 0.6) is 0 Å². The molecule has 2 bridgehead atoms. The predicted octanol–water partition coefficient (Wildman–Crippen LogP) is 6.61. The zero-order chi connectivity index (χ0) is 35.3. The number of epoxide rings is 2. The number of carbonyl (C=O) groups is 2. The molecule has 1 aromatic heterocycles. The first kappa shape index (κ1) is 37.2. The van der Waals surface area contributed by atoms with Crippen molar-refractivity contribution in [2.45, 2.75) is 141 Å². The fourth-order valence-electron chi connectivity index (χ4n) is 7.39. The Balaban J connectivity index is 1.29. The normalized spacial score (nSPS) is 36.9. The maximum atomic E-state index is 13.5. The monoisotopic (exact) mass is 681 g/mol. The minimum absolute atomic E-state index is 0.111. The van der Waals surface area contributed by atoms with Gasteiger partial charge in [0, 0.05) is 26.4 Å². The summed E-state index contributed by atoms with van der Waals surface area (Å²) < 4.78 is 35.0. The van der Waals surface area contributed by atoms with E-state index in [0.717, 1.165) is 36.1 Å². The molecule has 5 rings (SSSR count). The van der Waals surface area contributed by atoms with Crippen LogP contribution >= 0.6 is 0 Å². The number of nitrogens with zero attached hydrogens (tertiary/aromatic N) is 1. The third kappa shape index (κ3) is 10.0. The van der Waals surface area contributed by atoms with Crippen LogP contribution < -0.4 is 0 Å². The van der Waals surface area contributed by atoms with Crippen molar-refractivity contribution in [3.05, 3.63) is 59.4 Å². The number of aliphatic hydroxyl groups is 1. The highest BCUT2D eigenvalue weighted by atomic mass is 16.6. The van der Waals surface area contributed by atoms with Crippen molar-refractivity contribution >= 4 is 18.0 Å². The van der Waals surface area contributed by atoms with Crippen molar-refractivity contribution in [2.75, 3.05) is 7.11 Å². The van der Waals surface area contributed by atoms with Crippen LogP contribution in [0, 0.1) is 24.7 Å². The number of fused-ring (bicyclic) bond motifs is 4. The number of aromatic nitrogens is 1. The van der Waals surface area contributed by atoms with Crippen molar-refractivity contribution in [3.8, 4) is 0 Å². The predicted molar refractivity (Wildman–Crippen MR) is 184 cm³/mol. The van der Waals surface area contributed by atoms with E-state index < -0.39 is 23.9 Å². The second-order valence-corrected chi connectivity index (χ2v) is 14.8. The second kappa shape index (κ2) is 16.3. The van der Waals surface area contributed by atoms with Gasteiger partial charge in [-0.1, -0.05) is 44.2 Å². The second-order valence-electron chi connectivity index (χ2n) is 14.8. The molecular formula is C39H55NO9. The highest BCUT2D eigenvalue weighted by Gasteiger charge is 2.56. The summed E-state index contributed by atoms with van der Waals surface area (Å²) in [4.78, 5) is 30.3. The number of carbonyl (C=O) groups excluding carboxylic acids is 2. The van der Waals surface area contributed by atoms with Gasteiger partial charge in [0.15, 0.2) is 12.0 Å². The molecule has 49 heavy (non-hydrogen) atoms. The molecule has 3 fully saturated rings. The smallest absolute Gasteiger partial charge is 0.338 e. The van der Waals surface area contributed by atoms with Gasteiger partial charge in [-0.05, 0) is 94.8 Å². The molecule has 0 aromatic carbocycles. The Morgan fingerprint density at radius 3 is 2.65 bits per heavy atom. The Morgan fingerprint density at radius 1 is 1.12 bits per heavy atom. The Labute approximate surface area is 290 Å². The number of esters is 2. The van der Waals surface area contributed by atoms with E-state index in [1.54, 1.807) is 13.4 Å². The maximum Gasteiger partial charge on any atom is 0.338 e. The largest absolute Gasteiger partial charge is 0.462 e. The van der Waals surface area contributed by atoms with E-state index in [1.165, 1.54) is 0 Å². The van der Waals surface area contributed by atoms with Crippen molar-refractivity contribution in [2.24, 2.45) is 17.8 Å². The van der Waals surface area contributed by atoms with Gasteiger partial charge < -0.3 is 33.2 Å². The summed E-state index contributed by atoms with van der Waals surface area (Å²) in [6.45, 7) is 11.9. The molecule has 4 aliphatic rings. The summed E-state index contributed by atoms with van der Waals surface area (Å²) >= 11 is 0. The van der Waals surface area contributed by atoms with Crippen LogP contribution in [-0.4, -0.2) is 77.5 Å². The lowest BCUT2D eigenvalue weighted by Gasteiger charge is -2.31. The van der Waals surface area contributed by atoms with Gasteiger partial charge in [0.25, 0.3) is 0 Å². The van der Waals surface area contributed by atoms with E-state index in [0.29, 0.717) is 38.0 Å². The number of hydrogen-bond donors (Lipinski definition) is 1. The van der Waals surface area contributed by atoms with Gasteiger partial charge in [-0.3, -0.25) is 4.79 Å². The van der Waals surface area contributed by atoms with Gasteiger partial charge in [-0.2, -0.15) is 0 Å². The topological polar surface area (TPSA) is 133 Å². The minimum atomic E-state index is -0.660. The highest BCUT2D eigenvalue weighted by molar-refractivity contribution is 5.78. The average molecular weight is 682 g/mol. The molecule has 11 atom stereocenters. The zero-order valence-electron chi connectivity index (χ0n) is 30.1. The summed E-state index contributed by atoms with van der Waals surface area (Å²) in [5.74, 6) is 0.267.